The third kappa shape index (κ3) is 4.33. The first-order valence-electron chi connectivity index (χ1n) is 11.0. The largest absolute Gasteiger partial charge is 0.344 e. The second-order valence-corrected chi connectivity index (χ2v) is 8.35. The van der Waals surface area contributed by atoms with Gasteiger partial charge in [0.2, 0.25) is 17.7 Å². The molecule has 2 saturated heterocycles. The molecule has 6 nitrogen and oxygen atoms in total. The van der Waals surface area contributed by atoms with Crippen LogP contribution in [0.4, 0.5) is 0 Å². The van der Waals surface area contributed by atoms with E-state index in [2.05, 4.69) is 36.5 Å². The molecule has 0 unspecified atom stereocenters. The van der Waals surface area contributed by atoms with Crippen LogP contribution in [0, 0.1) is 6.92 Å². The van der Waals surface area contributed by atoms with Crippen LogP contribution in [0.25, 0.3) is 11.1 Å². The molecular formula is C25H29N3O3. The van der Waals surface area contributed by atoms with Gasteiger partial charge in [-0.1, -0.05) is 54.1 Å². The molecule has 2 atom stereocenters. The number of nitrogens with zero attached hydrogens (tertiary/aromatic N) is 2. The van der Waals surface area contributed by atoms with E-state index in [9.17, 15) is 14.4 Å². The highest BCUT2D eigenvalue weighted by Crippen LogP contribution is 2.28. The number of nitrogens with one attached hydrogen (secondary N) is 1. The van der Waals surface area contributed by atoms with Crippen molar-refractivity contribution in [3.8, 4) is 11.1 Å². The molecule has 2 aromatic rings. The first-order chi connectivity index (χ1) is 15.0. The summed E-state index contributed by atoms with van der Waals surface area (Å²) in [5.41, 5.74) is 4.39. The molecule has 0 aromatic heterocycles. The van der Waals surface area contributed by atoms with E-state index in [0.717, 1.165) is 16.7 Å². The Kier molecular flexibility index (Phi) is 6.07. The van der Waals surface area contributed by atoms with Crippen molar-refractivity contribution in [3.63, 3.8) is 0 Å². The lowest BCUT2D eigenvalue weighted by Gasteiger charge is -2.41. The van der Waals surface area contributed by atoms with E-state index in [1.54, 1.807) is 4.90 Å². The van der Waals surface area contributed by atoms with Crippen molar-refractivity contribution >= 4 is 17.7 Å². The summed E-state index contributed by atoms with van der Waals surface area (Å²) >= 11 is 0. The molecule has 162 valence electrons. The quantitative estimate of drug-likeness (QED) is 0.810. The fourth-order valence-corrected chi connectivity index (χ4v) is 4.61. The number of amides is 3. The molecule has 2 aliphatic rings. The normalized spacial score (nSPS) is 21.4. The van der Waals surface area contributed by atoms with Crippen LogP contribution < -0.4 is 5.32 Å². The molecule has 3 amide bonds. The third-order valence-corrected chi connectivity index (χ3v) is 6.30. The van der Waals surface area contributed by atoms with E-state index >= 15 is 0 Å². The van der Waals surface area contributed by atoms with E-state index in [4.69, 9.17) is 0 Å². The van der Waals surface area contributed by atoms with Gasteiger partial charge in [-0.2, -0.15) is 0 Å². The van der Waals surface area contributed by atoms with Gasteiger partial charge in [-0.05, 0) is 37.0 Å². The van der Waals surface area contributed by atoms with Crippen molar-refractivity contribution in [2.24, 2.45) is 0 Å². The Morgan fingerprint density at radius 1 is 1.10 bits per heavy atom. The van der Waals surface area contributed by atoms with Crippen molar-refractivity contribution in [1.82, 2.24) is 15.1 Å². The fourth-order valence-electron chi connectivity index (χ4n) is 4.61. The van der Waals surface area contributed by atoms with Gasteiger partial charge in [-0.15, -0.1) is 0 Å². The first kappa shape index (κ1) is 21.1. The molecule has 4 rings (SSSR count). The summed E-state index contributed by atoms with van der Waals surface area (Å²) in [6.07, 6.45) is 1.30. The Bertz CT molecular complexity index is 1000. The minimum atomic E-state index is -0.565. The number of carbonyl (C=O) groups is 3. The predicted octanol–water partition coefficient (Wildman–Crippen LogP) is 2.54. The average Bonchev–Trinajstić information content (AvgIpc) is 3.21. The van der Waals surface area contributed by atoms with Crippen LogP contribution in [-0.2, 0) is 20.8 Å². The SMILES string of the molecule is CCN1CCN(C(=O)[C@H]2CCC(=O)N2)[C@H](Cc2ccccc2-c2cccc(C)c2)C1=O. The first-order valence-corrected chi connectivity index (χ1v) is 11.0. The maximum atomic E-state index is 13.3. The molecule has 2 aliphatic heterocycles. The Labute approximate surface area is 183 Å². The van der Waals surface area contributed by atoms with Crippen LogP contribution in [-0.4, -0.2) is 59.2 Å². The molecule has 2 fully saturated rings. The summed E-state index contributed by atoms with van der Waals surface area (Å²) in [6.45, 7) is 5.66. The summed E-state index contributed by atoms with van der Waals surface area (Å²) < 4.78 is 0. The van der Waals surface area contributed by atoms with E-state index in [-0.39, 0.29) is 17.7 Å². The van der Waals surface area contributed by atoms with Gasteiger partial charge < -0.3 is 15.1 Å². The highest BCUT2D eigenvalue weighted by atomic mass is 16.2. The molecule has 0 bridgehead atoms. The number of likely N-dealkylation sites (N-methyl/N-ethyl adjacent to an activating group) is 1. The standard InChI is InChI=1S/C25H29N3O3/c1-3-27-13-14-28(24(30)21-11-12-23(29)26-21)22(25(27)31)16-19-8-4-5-10-20(19)18-9-6-7-17(2)15-18/h4-10,15,21-22H,3,11-14,16H2,1-2H3,(H,26,29)/t21-,22-/m1/s1. The van der Waals surface area contributed by atoms with Crippen LogP contribution >= 0.6 is 0 Å². The van der Waals surface area contributed by atoms with Crippen molar-refractivity contribution in [3.05, 3.63) is 59.7 Å². The summed E-state index contributed by atoms with van der Waals surface area (Å²) in [5, 5.41) is 2.76. The van der Waals surface area contributed by atoms with Gasteiger partial charge >= 0.3 is 0 Å². The van der Waals surface area contributed by atoms with E-state index in [0.29, 0.717) is 38.9 Å². The highest BCUT2D eigenvalue weighted by molar-refractivity contribution is 5.95. The van der Waals surface area contributed by atoms with Gasteiger partial charge in [-0.25, -0.2) is 0 Å². The molecule has 0 spiro atoms. The molecule has 6 heteroatoms. The Morgan fingerprint density at radius 2 is 1.90 bits per heavy atom. The molecule has 2 aromatic carbocycles. The molecular weight excluding hydrogens is 390 g/mol. The number of hydrogen-bond acceptors (Lipinski definition) is 3. The van der Waals surface area contributed by atoms with Crippen molar-refractivity contribution < 1.29 is 14.4 Å². The topological polar surface area (TPSA) is 69.7 Å². The van der Waals surface area contributed by atoms with Crippen molar-refractivity contribution in [2.45, 2.75) is 45.2 Å². The van der Waals surface area contributed by atoms with Crippen molar-refractivity contribution in [1.29, 1.82) is 0 Å². The minimum absolute atomic E-state index is 0.0227. The zero-order valence-corrected chi connectivity index (χ0v) is 18.1. The van der Waals surface area contributed by atoms with Gasteiger partial charge in [-0.3, -0.25) is 14.4 Å². The van der Waals surface area contributed by atoms with Gasteiger partial charge in [0, 0.05) is 32.5 Å². The summed E-state index contributed by atoms with van der Waals surface area (Å²) in [6, 6.07) is 15.3. The van der Waals surface area contributed by atoms with Crippen LogP contribution in [0.5, 0.6) is 0 Å². The minimum Gasteiger partial charge on any atom is -0.344 e. The second kappa shape index (κ2) is 8.92. The Balaban J connectivity index is 1.66. The number of aryl methyl sites for hydroxylation is 1. The molecule has 2 heterocycles. The Morgan fingerprint density at radius 3 is 2.61 bits per heavy atom. The molecule has 0 saturated carbocycles. The lowest BCUT2D eigenvalue weighted by Crippen LogP contribution is -2.62. The highest BCUT2D eigenvalue weighted by Gasteiger charge is 2.41. The third-order valence-electron chi connectivity index (χ3n) is 6.30. The molecule has 0 radical (unpaired) electrons. The van der Waals surface area contributed by atoms with Gasteiger partial charge in [0.15, 0.2) is 0 Å². The summed E-state index contributed by atoms with van der Waals surface area (Å²) in [5.74, 6) is -0.267. The van der Waals surface area contributed by atoms with E-state index < -0.39 is 12.1 Å². The lowest BCUT2D eigenvalue weighted by molar-refractivity contribution is -0.152. The summed E-state index contributed by atoms with van der Waals surface area (Å²) in [4.78, 5) is 41.7. The average molecular weight is 420 g/mol. The van der Waals surface area contributed by atoms with Gasteiger partial charge in [0.1, 0.15) is 12.1 Å². The molecule has 1 N–H and O–H groups in total. The zero-order chi connectivity index (χ0) is 22.0. The van der Waals surface area contributed by atoms with Gasteiger partial charge in [0.05, 0.1) is 0 Å². The Hall–Kier alpha value is -3.15. The van der Waals surface area contributed by atoms with Crippen molar-refractivity contribution in [2.75, 3.05) is 19.6 Å². The van der Waals surface area contributed by atoms with Crippen LogP contribution in [0.2, 0.25) is 0 Å². The van der Waals surface area contributed by atoms with Crippen LogP contribution in [0.1, 0.15) is 30.9 Å². The molecule has 31 heavy (non-hydrogen) atoms. The van der Waals surface area contributed by atoms with E-state index in [1.165, 1.54) is 5.56 Å². The second-order valence-electron chi connectivity index (χ2n) is 8.35. The smallest absolute Gasteiger partial charge is 0.245 e. The monoisotopic (exact) mass is 419 g/mol. The number of hydrogen-bond donors (Lipinski definition) is 1. The summed E-state index contributed by atoms with van der Waals surface area (Å²) in [7, 11) is 0. The fraction of sp³-hybridized carbons (Fsp3) is 0.400. The predicted molar refractivity (Wildman–Crippen MR) is 119 cm³/mol. The zero-order valence-electron chi connectivity index (χ0n) is 18.1. The van der Waals surface area contributed by atoms with Gasteiger partial charge in [0.25, 0.3) is 0 Å². The number of rotatable bonds is 5. The number of carbonyl (C=O) groups excluding carboxylic acids is 3. The van der Waals surface area contributed by atoms with Crippen LogP contribution in [0.3, 0.4) is 0 Å². The maximum Gasteiger partial charge on any atom is 0.245 e. The lowest BCUT2D eigenvalue weighted by atomic mass is 9.92. The number of piperazine rings is 1. The van der Waals surface area contributed by atoms with Crippen LogP contribution in [0.15, 0.2) is 48.5 Å². The maximum absolute atomic E-state index is 13.3. The number of benzene rings is 2. The molecule has 0 aliphatic carbocycles. The van der Waals surface area contributed by atoms with E-state index in [1.807, 2.05) is 36.1 Å².